The molecule has 0 radical (unpaired) electrons. The number of nitrogens with one attached hydrogen (secondary N) is 2. The maximum atomic E-state index is 13.2. The number of aryl methyl sites for hydroxylation is 4. The molecule has 0 saturated carbocycles. The van der Waals surface area contributed by atoms with Crippen molar-refractivity contribution in [2.24, 2.45) is 0 Å². The fourth-order valence-electron chi connectivity index (χ4n) is 6.83. The summed E-state index contributed by atoms with van der Waals surface area (Å²) in [5.74, 6) is 2.47. The molecule has 272 valence electrons. The van der Waals surface area contributed by atoms with Crippen LogP contribution in [0.4, 0.5) is 4.79 Å². The third-order valence-electron chi connectivity index (χ3n) is 9.57. The first-order valence-electron chi connectivity index (χ1n) is 17.9. The Labute approximate surface area is 312 Å². The minimum Gasteiger partial charge on any atom is -0.332 e. The van der Waals surface area contributed by atoms with E-state index < -0.39 is 0 Å². The van der Waals surface area contributed by atoms with Gasteiger partial charge in [-0.2, -0.15) is 11.8 Å². The average Bonchev–Trinajstić information content (AvgIpc) is 3.96. The summed E-state index contributed by atoms with van der Waals surface area (Å²) in [4.78, 5) is 39.1. The summed E-state index contributed by atoms with van der Waals surface area (Å²) in [6.07, 6.45) is 9.85. The second-order valence-electron chi connectivity index (χ2n) is 13.3. The van der Waals surface area contributed by atoms with Gasteiger partial charge in [-0.1, -0.05) is 12.8 Å². The van der Waals surface area contributed by atoms with Crippen molar-refractivity contribution >= 4 is 66.6 Å². The molecule has 3 atom stereocenters. The minimum atomic E-state index is -0.0496. The summed E-state index contributed by atoms with van der Waals surface area (Å²) in [5, 5.41) is 30.4. The van der Waals surface area contributed by atoms with Gasteiger partial charge in [-0.05, 0) is 12.8 Å². The van der Waals surface area contributed by atoms with Crippen LogP contribution in [0, 0.1) is 0 Å². The van der Waals surface area contributed by atoms with Crippen molar-refractivity contribution in [2.45, 2.75) is 108 Å². The number of aliphatic hydroxyl groups excluding tert-OH is 1. The van der Waals surface area contributed by atoms with Crippen LogP contribution in [0.1, 0.15) is 69.2 Å². The number of nitrogens with zero attached hydrogens (tertiary/aromatic N) is 6. The molecule has 7 rings (SSSR count). The van der Waals surface area contributed by atoms with Crippen molar-refractivity contribution in [2.75, 3.05) is 12.4 Å². The molecular formula is C35H44N8O5SSe2. The van der Waals surface area contributed by atoms with Crippen molar-refractivity contribution in [3.05, 3.63) is 68.5 Å². The van der Waals surface area contributed by atoms with Crippen LogP contribution in [-0.2, 0) is 32.7 Å². The van der Waals surface area contributed by atoms with Crippen LogP contribution < -0.4 is 26.5 Å². The van der Waals surface area contributed by atoms with Gasteiger partial charge in [-0.15, -0.1) is 0 Å². The maximum Gasteiger partial charge on any atom is 0.0635 e. The molecule has 16 heteroatoms. The maximum absolute atomic E-state index is 13.2. The van der Waals surface area contributed by atoms with Crippen LogP contribution in [0.5, 0.6) is 5.75 Å². The quantitative estimate of drug-likeness (QED) is 0.0646. The Morgan fingerprint density at radius 2 is 1.57 bits per heavy atom. The topological polar surface area (TPSA) is 158 Å². The van der Waals surface area contributed by atoms with Crippen LogP contribution in [-0.4, -0.2) is 97.6 Å². The number of unbranched alkanes of at least 4 members (excludes halogenated alkanes) is 5. The molecule has 51 heavy (non-hydrogen) atoms. The third kappa shape index (κ3) is 8.92. The second-order valence-corrected chi connectivity index (χ2v) is 19.0. The summed E-state index contributed by atoms with van der Waals surface area (Å²) in [7, 11) is 0. The number of ether oxygens (including phenoxy) is 1. The van der Waals surface area contributed by atoms with Crippen LogP contribution in [0.2, 0.25) is 0 Å². The summed E-state index contributed by atoms with van der Waals surface area (Å²) in [6.45, 7) is 2.56. The number of thioether (sulfide) groups is 1. The van der Waals surface area contributed by atoms with E-state index in [0.29, 0.717) is 24.2 Å². The Hall–Kier alpha value is -3.13. The van der Waals surface area contributed by atoms with Gasteiger partial charge in [0.25, 0.3) is 0 Å². The molecule has 0 bridgehead atoms. The first-order chi connectivity index (χ1) is 24.9. The first kappa shape index (κ1) is 36.2. The van der Waals surface area contributed by atoms with Crippen molar-refractivity contribution in [1.29, 1.82) is 0 Å². The van der Waals surface area contributed by atoms with Gasteiger partial charge in [-0.25, -0.2) is 4.79 Å². The Balaban J connectivity index is 0.777. The zero-order valence-electron chi connectivity index (χ0n) is 28.5. The van der Waals surface area contributed by atoms with E-state index in [-0.39, 0.29) is 65.3 Å². The number of hydrogen-bond acceptors (Lipinski definition) is 9. The molecule has 5 aromatic rings. The Morgan fingerprint density at radius 1 is 0.843 bits per heavy atom. The van der Waals surface area contributed by atoms with Gasteiger partial charge in [0.1, 0.15) is 0 Å². The smallest absolute Gasteiger partial charge is 0.0635 e. The molecule has 2 aliphatic rings. The fourth-order valence-corrected chi connectivity index (χ4v) is 12.6. The summed E-state index contributed by atoms with van der Waals surface area (Å²) >= 11 is 1.95. The van der Waals surface area contributed by atoms with Gasteiger partial charge in [0.05, 0.1) is 12.1 Å². The number of tetrazole rings is 1. The van der Waals surface area contributed by atoms with E-state index in [1.807, 2.05) is 55.3 Å². The van der Waals surface area contributed by atoms with Crippen molar-refractivity contribution < 1.29 is 14.6 Å². The summed E-state index contributed by atoms with van der Waals surface area (Å²) in [5.41, 5.74) is 0.951. The number of carbonyl (C=O) groups excluding carboxylic acids is 1. The first-order valence-corrected chi connectivity index (χ1v) is 22.2. The minimum absolute atomic E-state index is 0.00855. The Kier molecular flexibility index (Phi) is 12.2. The van der Waals surface area contributed by atoms with Gasteiger partial charge >= 0.3 is 238 Å². The molecule has 2 aromatic carbocycles. The third-order valence-corrected chi connectivity index (χ3v) is 15.8. The van der Waals surface area contributed by atoms with E-state index in [2.05, 4.69) is 26.0 Å². The molecule has 3 unspecified atom stereocenters. The summed E-state index contributed by atoms with van der Waals surface area (Å²) < 4.78 is 12.1. The number of urea groups is 1. The van der Waals surface area contributed by atoms with Gasteiger partial charge in [0.2, 0.25) is 0 Å². The molecule has 0 spiro atoms. The predicted octanol–water partition coefficient (Wildman–Crippen LogP) is 2.91. The number of carbonyl (C=O) groups is 1. The van der Waals surface area contributed by atoms with Crippen molar-refractivity contribution in [3.63, 3.8) is 0 Å². The van der Waals surface area contributed by atoms with Gasteiger partial charge < -0.3 is 10.6 Å². The monoisotopic (exact) mass is 848 g/mol. The van der Waals surface area contributed by atoms with Crippen LogP contribution >= 0.6 is 11.8 Å². The SMILES string of the molecule is O=C1NC2CSC(CCCCCc3nnn(CCCOc4ccc5[se]n(CCCCCCn6[se]c7ccc(CO)cc7c6=O)c(=O)c5c4)n3)C2N1. The van der Waals surface area contributed by atoms with Crippen LogP contribution in [0.25, 0.3) is 19.3 Å². The number of amides is 2. The second kappa shape index (κ2) is 17.1. The predicted molar refractivity (Wildman–Crippen MR) is 200 cm³/mol. The number of fused-ring (bicyclic) bond motifs is 3. The molecule has 2 amide bonds. The van der Waals surface area contributed by atoms with E-state index in [0.717, 1.165) is 114 Å². The number of aromatic nitrogens is 6. The van der Waals surface area contributed by atoms with Gasteiger partial charge in [-0.3, -0.25) is 0 Å². The van der Waals surface area contributed by atoms with Crippen LogP contribution in [0.3, 0.4) is 0 Å². The number of aliphatic hydroxyl groups is 1. The van der Waals surface area contributed by atoms with E-state index in [1.165, 1.54) is 0 Å². The molecule has 3 aromatic heterocycles. The molecule has 2 fully saturated rings. The molecule has 2 saturated heterocycles. The normalized spacial score (nSPS) is 18.5. The average molecular weight is 847 g/mol. The Morgan fingerprint density at radius 3 is 2.33 bits per heavy atom. The molecule has 2 aliphatic heterocycles. The summed E-state index contributed by atoms with van der Waals surface area (Å²) in [6, 6.07) is 12.1. The molecule has 5 heterocycles. The Bertz CT molecular complexity index is 2070. The number of rotatable bonds is 19. The van der Waals surface area contributed by atoms with E-state index in [4.69, 9.17) is 4.74 Å². The van der Waals surface area contributed by atoms with Crippen molar-refractivity contribution in [1.82, 2.24) is 38.0 Å². The van der Waals surface area contributed by atoms with E-state index in [9.17, 15) is 19.5 Å². The largest absolute Gasteiger partial charge is 0.332 e. The van der Waals surface area contributed by atoms with Gasteiger partial charge in [0.15, 0.2) is 0 Å². The van der Waals surface area contributed by atoms with Crippen molar-refractivity contribution in [3.8, 4) is 5.75 Å². The van der Waals surface area contributed by atoms with E-state index in [1.54, 1.807) is 4.80 Å². The van der Waals surface area contributed by atoms with Crippen LogP contribution in [0.15, 0.2) is 46.0 Å². The van der Waals surface area contributed by atoms with Gasteiger partial charge in [0, 0.05) is 11.0 Å². The molecule has 0 aliphatic carbocycles. The number of hydrogen-bond donors (Lipinski definition) is 3. The zero-order valence-corrected chi connectivity index (χ0v) is 32.7. The zero-order chi connectivity index (χ0) is 35.2. The molecule has 3 N–H and O–H groups in total. The van der Waals surface area contributed by atoms with E-state index >= 15 is 0 Å². The standard InChI is InChI=1S/C35H44N8O5SSe2/c44-21-23-11-13-29-25(19-23)33(45)41(50-29)15-6-1-2-7-16-42-34(46)26-20-24(12-14-30(26)51-42)48-18-8-17-43-39-31(38-40-43)10-5-3-4-9-28-32-27(22-49-28)36-35(47)37-32/h11-14,19-20,27-28,32,44H,1-10,15-18,21-22H2,(H2,36,37,47). The fraction of sp³-hybridized carbons (Fsp3) is 0.543. The molecule has 13 nitrogen and oxygen atoms in total. The molecular weight excluding hydrogens is 802 g/mol. The number of benzene rings is 2.